The molecule has 2 aromatic carbocycles. The first kappa shape index (κ1) is 21.4. The van der Waals surface area contributed by atoms with Crippen molar-refractivity contribution in [1.82, 2.24) is 4.98 Å². The van der Waals surface area contributed by atoms with E-state index in [0.29, 0.717) is 29.3 Å². The fourth-order valence-electron chi connectivity index (χ4n) is 4.15. The molecule has 3 aromatic rings. The van der Waals surface area contributed by atoms with Crippen molar-refractivity contribution in [3.05, 3.63) is 78.6 Å². The van der Waals surface area contributed by atoms with Crippen LogP contribution in [-0.4, -0.2) is 31.0 Å². The highest BCUT2D eigenvalue weighted by atomic mass is 16.5. The monoisotopic (exact) mass is 431 g/mol. The molecule has 1 N–H and O–H groups in total. The number of carbonyl (C=O) groups excluding carboxylic acids is 2. The molecule has 32 heavy (non-hydrogen) atoms. The molecule has 1 fully saturated rings. The summed E-state index contributed by atoms with van der Waals surface area (Å²) in [5.41, 5.74) is 2.15. The minimum Gasteiger partial charge on any atom is -0.497 e. The van der Waals surface area contributed by atoms with Gasteiger partial charge in [0.25, 0.3) is 0 Å². The number of ether oxygens (including phenoxy) is 2. The Bertz CT molecular complexity index is 1090. The minimum absolute atomic E-state index is 0.0426. The molecule has 7 nitrogen and oxygen atoms in total. The van der Waals surface area contributed by atoms with Crippen LogP contribution in [0, 0.1) is 5.92 Å². The Kier molecular flexibility index (Phi) is 6.35. The van der Waals surface area contributed by atoms with Crippen molar-refractivity contribution in [3.63, 3.8) is 0 Å². The molecule has 0 unspecified atom stereocenters. The molecule has 0 radical (unpaired) electrons. The third-order valence-corrected chi connectivity index (χ3v) is 5.69. The lowest BCUT2D eigenvalue weighted by molar-refractivity contribution is -0.125. The molecular formula is C25H25N3O4. The van der Waals surface area contributed by atoms with E-state index in [1.165, 1.54) is 0 Å². The first-order valence-electron chi connectivity index (χ1n) is 10.4. The number of aromatic nitrogens is 1. The lowest BCUT2D eigenvalue weighted by atomic mass is 9.82. The van der Waals surface area contributed by atoms with Crippen molar-refractivity contribution in [2.45, 2.75) is 18.9 Å². The molecule has 2 atom stereocenters. The van der Waals surface area contributed by atoms with Crippen LogP contribution in [0.15, 0.2) is 73.1 Å². The van der Waals surface area contributed by atoms with Crippen LogP contribution < -0.4 is 19.7 Å². The summed E-state index contributed by atoms with van der Waals surface area (Å²) in [6, 6.07) is 17.8. The van der Waals surface area contributed by atoms with Gasteiger partial charge in [-0.1, -0.05) is 18.2 Å². The second-order valence-corrected chi connectivity index (χ2v) is 7.52. The van der Waals surface area contributed by atoms with E-state index in [-0.39, 0.29) is 18.2 Å². The quantitative estimate of drug-likeness (QED) is 0.632. The Morgan fingerprint density at radius 3 is 2.41 bits per heavy atom. The molecule has 0 spiro atoms. The molecule has 2 heterocycles. The van der Waals surface area contributed by atoms with E-state index in [1.54, 1.807) is 43.6 Å². The first-order chi connectivity index (χ1) is 15.6. The number of hydrogen-bond acceptors (Lipinski definition) is 5. The van der Waals surface area contributed by atoms with Gasteiger partial charge >= 0.3 is 0 Å². The number of piperidine rings is 1. The predicted octanol–water partition coefficient (Wildman–Crippen LogP) is 4.22. The highest BCUT2D eigenvalue weighted by Gasteiger charge is 2.42. The molecule has 4 rings (SSSR count). The normalized spacial score (nSPS) is 18.2. The maximum absolute atomic E-state index is 13.4. The van der Waals surface area contributed by atoms with E-state index in [0.717, 1.165) is 5.56 Å². The second-order valence-electron chi connectivity index (χ2n) is 7.52. The highest BCUT2D eigenvalue weighted by Crippen LogP contribution is 2.43. The van der Waals surface area contributed by atoms with Gasteiger partial charge in [-0.15, -0.1) is 0 Å². The number of amides is 2. The summed E-state index contributed by atoms with van der Waals surface area (Å²) in [6.07, 6.45) is 3.96. The van der Waals surface area contributed by atoms with Gasteiger partial charge in [0.1, 0.15) is 11.5 Å². The molecular weight excluding hydrogens is 406 g/mol. The molecule has 1 saturated heterocycles. The molecule has 0 bridgehead atoms. The van der Waals surface area contributed by atoms with Gasteiger partial charge in [-0.05, 0) is 48.9 Å². The SMILES string of the molecule is COc1ccc(N2C(=O)CC[C@@H](C(=O)Nc3ccncc3)[C@@H]2c2ccccc2OC)cc1. The van der Waals surface area contributed by atoms with Gasteiger partial charge < -0.3 is 19.7 Å². The molecule has 0 aliphatic carbocycles. The lowest BCUT2D eigenvalue weighted by Crippen LogP contribution is -2.47. The number of anilines is 2. The number of pyridine rings is 1. The number of nitrogens with zero attached hydrogens (tertiary/aromatic N) is 2. The van der Waals surface area contributed by atoms with Crippen molar-refractivity contribution in [1.29, 1.82) is 0 Å². The van der Waals surface area contributed by atoms with Gasteiger partial charge in [0.15, 0.2) is 0 Å². The lowest BCUT2D eigenvalue weighted by Gasteiger charge is -2.41. The third-order valence-electron chi connectivity index (χ3n) is 5.69. The Balaban J connectivity index is 1.77. The number of carbonyl (C=O) groups is 2. The smallest absolute Gasteiger partial charge is 0.229 e. The Hall–Kier alpha value is -3.87. The Morgan fingerprint density at radius 1 is 1.00 bits per heavy atom. The van der Waals surface area contributed by atoms with Crippen LogP contribution in [0.1, 0.15) is 24.4 Å². The standard InChI is InChI=1S/C25H25N3O4/c1-31-19-9-7-18(8-10-19)28-23(29)12-11-21(25(30)27-17-13-15-26-16-14-17)24(28)20-5-3-4-6-22(20)32-2/h3-10,13-16,21,24H,11-12H2,1-2H3,(H,26,27,30)/t21-,24+/m1/s1. The number of methoxy groups -OCH3 is 2. The van der Waals surface area contributed by atoms with Gasteiger partial charge in [0, 0.05) is 35.8 Å². The molecule has 2 amide bonds. The van der Waals surface area contributed by atoms with Crippen molar-refractivity contribution in [2.24, 2.45) is 5.92 Å². The van der Waals surface area contributed by atoms with E-state index >= 15 is 0 Å². The minimum atomic E-state index is -0.525. The fourth-order valence-corrected chi connectivity index (χ4v) is 4.15. The second kappa shape index (κ2) is 9.51. The summed E-state index contributed by atoms with van der Waals surface area (Å²) < 4.78 is 10.9. The van der Waals surface area contributed by atoms with Gasteiger partial charge in [0.2, 0.25) is 11.8 Å². The van der Waals surface area contributed by atoms with E-state index in [4.69, 9.17) is 9.47 Å². The van der Waals surface area contributed by atoms with Gasteiger partial charge in [0.05, 0.1) is 26.2 Å². The Morgan fingerprint density at radius 2 is 1.72 bits per heavy atom. The van der Waals surface area contributed by atoms with Gasteiger partial charge in [-0.3, -0.25) is 14.6 Å². The van der Waals surface area contributed by atoms with Crippen LogP contribution in [0.2, 0.25) is 0 Å². The van der Waals surface area contributed by atoms with Crippen LogP contribution in [0.25, 0.3) is 0 Å². The number of benzene rings is 2. The van der Waals surface area contributed by atoms with Crippen LogP contribution in [0.4, 0.5) is 11.4 Å². The summed E-state index contributed by atoms with van der Waals surface area (Å²) in [5.74, 6) is 0.655. The summed E-state index contributed by atoms with van der Waals surface area (Å²) in [7, 11) is 3.19. The number of rotatable bonds is 6. The summed E-state index contributed by atoms with van der Waals surface area (Å²) in [5, 5.41) is 2.98. The van der Waals surface area contributed by atoms with Crippen molar-refractivity contribution in [2.75, 3.05) is 24.4 Å². The van der Waals surface area contributed by atoms with Gasteiger partial charge in [-0.2, -0.15) is 0 Å². The molecule has 0 saturated carbocycles. The van der Waals surface area contributed by atoms with E-state index < -0.39 is 12.0 Å². The third kappa shape index (κ3) is 4.27. The van der Waals surface area contributed by atoms with Crippen molar-refractivity contribution in [3.8, 4) is 11.5 Å². The Labute approximate surface area is 187 Å². The number of hydrogen-bond donors (Lipinski definition) is 1. The van der Waals surface area contributed by atoms with Crippen molar-refractivity contribution >= 4 is 23.2 Å². The largest absolute Gasteiger partial charge is 0.497 e. The van der Waals surface area contributed by atoms with Crippen LogP contribution in [0.5, 0.6) is 11.5 Å². The maximum Gasteiger partial charge on any atom is 0.229 e. The number of para-hydroxylation sites is 1. The van der Waals surface area contributed by atoms with E-state index in [9.17, 15) is 9.59 Å². The topological polar surface area (TPSA) is 80.8 Å². The molecule has 1 aliphatic heterocycles. The summed E-state index contributed by atoms with van der Waals surface area (Å²) in [6.45, 7) is 0. The molecule has 1 aliphatic rings. The average Bonchev–Trinajstić information content (AvgIpc) is 2.84. The first-order valence-corrected chi connectivity index (χ1v) is 10.4. The highest BCUT2D eigenvalue weighted by molar-refractivity contribution is 6.00. The van der Waals surface area contributed by atoms with E-state index in [2.05, 4.69) is 10.3 Å². The van der Waals surface area contributed by atoms with Gasteiger partial charge in [-0.25, -0.2) is 0 Å². The summed E-state index contributed by atoms with van der Waals surface area (Å²) >= 11 is 0. The zero-order chi connectivity index (χ0) is 22.5. The van der Waals surface area contributed by atoms with E-state index in [1.807, 2.05) is 48.5 Å². The average molecular weight is 431 g/mol. The predicted molar refractivity (Wildman–Crippen MR) is 122 cm³/mol. The molecule has 164 valence electrons. The molecule has 7 heteroatoms. The fraction of sp³-hybridized carbons (Fsp3) is 0.240. The van der Waals surface area contributed by atoms with Crippen LogP contribution in [0.3, 0.4) is 0 Å². The van der Waals surface area contributed by atoms with Crippen molar-refractivity contribution < 1.29 is 19.1 Å². The summed E-state index contributed by atoms with van der Waals surface area (Å²) in [4.78, 5) is 32.3. The molecule has 1 aromatic heterocycles. The maximum atomic E-state index is 13.4. The van der Waals surface area contributed by atoms with Crippen LogP contribution in [-0.2, 0) is 9.59 Å². The number of nitrogens with one attached hydrogen (secondary N) is 1. The zero-order valence-corrected chi connectivity index (χ0v) is 18.0. The zero-order valence-electron chi connectivity index (χ0n) is 18.0. The van der Waals surface area contributed by atoms with Crippen LogP contribution >= 0.6 is 0 Å².